The fraction of sp³-hybridized carbons (Fsp3) is 0.300. The normalized spacial score (nSPS) is 12.3. The largest absolute Gasteiger partial charge is 0.326 e. The minimum atomic E-state index is -0.0358. The van der Waals surface area contributed by atoms with Crippen LogP contribution in [0.3, 0.4) is 0 Å². The maximum atomic E-state index is 12.9. The monoisotopic (exact) mass is 373 g/mol. The van der Waals surface area contributed by atoms with E-state index in [1.807, 2.05) is 36.2 Å². The molecule has 0 saturated heterocycles. The lowest BCUT2D eigenvalue weighted by atomic mass is 10.1. The topological polar surface area (TPSA) is 61.4 Å². The molecule has 2 aromatic carbocycles. The summed E-state index contributed by atoms with van der Waals surface area (Å²) < 4.78 is 0. The number of para-hydroxylation sites is 1. The summed E-state index contributed by atoms with van der Waals surface area (Å²) in [6.45, 7) is 1.50. The van der Waals surface area contributed by atoms with Crippen molar-refractivity contribution >= 4 is 35.6 Å². The molecule has 0 fully saturated rings. The van der Waals surface area contributed by atoms with E-state index in [2.05, 4.69) is 16.7 Å². The molecule has 0 unspecified atom stereocenters. The zero-order valence-corrected chi connectivity index (χ0v) is 15.6. The van der Waals surface area contributed by atoms with Crippen molar-refractivity contribution in [3.63, 3.8) is 0 Å². The lowest BCUT2D eigenvalue weighted by molar-refractivity contribution is -0.116. The van der Waals surface area contributed by atoms with E-state index in [9.17, 15) is 9.59 Å². The molecular weight excluding hydrogens is 350 g/mol. The molecule has 1 aliphatic rings. The van der Waals surface area contributed by atoms with E-state index < -0.39 is 0 Å². The molecule has 1 aliphatic heterocycles. The molecule has 3 rings (SSSR count). The van der Waals surface area contributed by atoms with Crippen LogP contribution in [0.1, 0.15) is 28.8 Å². The second kappa shape index (κ2) is 9.36. The maximum Gasteiger partial charge on any atom is 0.258 e. The third-order valence-corrected chi connectivity index (χ3v) is 4.36. The molecule has 2 amide bonds. The minimum Gasteiger partial charge on any atom is -0.326 e. The fourth-order valence-corrected chi connectivity index (χ4v) is 3.08. The molecule has 138 valence electrons. The first-order valence-corrected chi connectivity index (χ1v) is 8.63. The predicted molar refractivity (Wildman–Crippen MR) is 107 cm³/mol. The maximum absolute atomic E-state index is 12.9. The van der Waals surface area contributed by atoms with Crippen LogP contribution in [-0.2, 0) is 11.2 Å². The van der Waals surface area contributed by atoms with Crippen molar-refractivity contribution in [1.82, 2.24) is 5.32 Å². The summed E-state index contributed by atoms with van der Waals surface area (Å²) in [5, 5.41) is 5.89. The summed E-state index contributed by atoms with van der Waals surface area (Å²) in [5.74, 6) is -0.0670. The number of anilines is 2. The highest BCUT2D eigenvalue weighted by atomic mass is 35.5. The number of benzene rings is 2. The van der Waals surface area contributed by atoms with Gasteiger partial charge in [-0.25, -0.2) is 0 Å². The Morgan fingerprint density at radius 3 is 2.73 bits per heavy atom. The third kappa shape index (κ3) is 4.62. The van der Waals surface area contributed by atoms with Crippen LogP contribution < -0.4 is 15.5 Å². The summed E-state index contributed by atoms with van der Waals surface area (Å²) in [5.41, 5.74) is 3.43. The van der Waals surface area contributed by atoms with Gasteiger partial charge in [0, 0.05) is 29.9 Å². The average Bonchev–Trinajstić information content (AvgIpc) is 3.05. The first-order valence-electron chi connectivity index (χ1n) is 8.63. The number of halogens is 1. The van der Waals surface area contributed by atoms with E-state index >= 15 is 0 Å². The molecule has 0 aliphatic carbocycles. The number of hydrogen-bond acceptors (Lipinski definition) is 3. The van der Waals surface area contributed by atoms with Crippen LogP contribution in [0, 0.1) is 0 Å². The van der Waals surface area contributed by atoms with Crippen LogP contribution in [0.25, 0.3) is 0 Å². The number of carbonyl (C=O) groups is 2. The van der Waals surface area contributed by atoms with Crippen LogP contribution in [0.5, 0.6) is 0 Å². The molecule has 2 N–H and O–H groups in total. The number of rotatable bonds is 6. The first-order chi connectivity index (χ1) is 12.2. The van der Waals surface area contributed by atoms with Gasteiger partial charge in [0.2, 0.25) is 5.91 Å². The second-order valence-corrected chi connectivity index (χ2v) is 6.17. The fourth-order valence-electron chi connectivity index (χ4n) is 3.08. The number of carbonyl (C=O) groups excluding carboxylic acids is 2. The van der Waals surface area contributed by atoms with Crippen LogP contribution in [0.15, 0.2) is 48.5 Å². The van der Waals surface area contributed by atoms with Gasteiger partial charge in [-0.3, -0.25) is 9.59 Å². The molecule has 0 bridgehead atoms. The lowest BCUT2D eigenvalue weighted by Crippen LogP contribution is -2.28. The van der Waals surface area contributed by atoms with Crippen molar-refractivity contribution in [2.75, 3.05) is 30.4 Å². The van der Waals surface area contributed by atoms with Crippen molar-refractivity contribution < 1.29 is 9.59 Å². The zero-order valence-electron chi connectivity index (χ0n) is 14.8. The van der Waals surface area contributed by atoms with Gasteiger partial charge in [0.15, 0.2) is 0 Å². The summed E-state index contributed by atoms with van der Waals surface area (Å²) >= 11 is 0. The van der Waals surface area contributed by atoms with Gasteiger partial charge in [0.25, 0.3) is 5.91 Å². The highest BCUT2D eigenvalue weighted by molar-refractivity contribution is 6.08. The van der Waals surface area contributed by atoms with E-state index in [1.54, 1.807) is 18.2 Å². The molecule has 0 saturated carbocycles. The molecule has 2 aromatic rings. The second-order valence-electron chi connectivity index (χ2n) is 6.17. The lowest BCUT2D eigenvalue weighted by Gasteiger charge is -2.18. The van der Waals surface area contributed by atoms with Gasteiger partial charge in [-0.2, -0.15) is 0 Å². The van der Waals surface area contributed by atoms with Gasteiger partial charge < -0.3 is 15.5 Å². The number of fused-ring (bicyclic) bond motifs is 1. The Balaban J connectivity index is 0.00000243. The van der Waals surface area contributed by atoms with Crippen molar-refractivity contribution in [3.8, 4) is 0 Å². The Bertz CT molecular complexity index is 779. The van der Waals surface area contributed by atoms with Crippen molar-refractivity contribution in [1.29, 1.82) is 0 Å². The molecule has 0 aromatic heterocycles. The van der Waals surface area contributed by atoms with E-state index in [0.29, 0.717) is 24.2 Å². The highest BCUT2D eigenvalue weighted by Gasteiger charge is 2.25. The van der Waals surface area contributed by atoms with Crippen molar-refractivity contribution in [2.24, 2.45) is 0 Å². The van der Waals surface area contributed by atoms with Crippen LogP contribution in [0.2, 0.25) is 0 Å². The molecule has 6 heteroatoms. The quantitative estimate of drug-likeness (QED) is 0.764. The summed E-state index contributed by atoms with van der Waals surface area (Å²) in [6, 6.07) is 15.1. The zero-order chi connectivity index (χ0) is 17.6. The molecule has 0 spiro atoms. The summed E-state index contributed by atoms with van der Waals surface area (Å²) in [4.78, 5) is 26.6. The van der Waals surface area contributed by atoms with Gasteiger partial charge >= 0.3 is 0 Å². The Hall–Kier alpha value is -2.37. The first kappa shape index (κ1) is 19.9. The smallest absolute Gasteiger partial charge is 0.258 e. The Morgan fingerprint density at radius 2 is 1.92 bits per heavy atom. The Labute approximate surface area is 160 Å². The van der Waals surface area contributed by atoms with Gasteiger partial charge in [0.1, 0.15) is 0 Å². The Morgan fingerprint density at radius 1 is 1.12 bits per heavy atom. The SMILES string of the molecule is CNCCCC(=O)Nc1cccc(C(=O)N2CCc3ccccc32)c1.Cl. The number of nitrogens with zero attached hydrogens (tertiary/aromatic N) is 1. The number of amides is 2. The summed E-state index contributed by atoms with van der Waals surface area (Å²) in [6.07, 6.45) is 2.12. The van der Waals surface area contributed by atoms with Crippen molar-refractivity contribution in [2.45, 2.75) is 19.3 Å². The predicted octanol–water partition coefficient (Wildman–Crippen LogP) is 3.25. The number of nitrogens with one attached hydrogen (secondary N) is 2. The highest BCUT2D eigenvalue weighted by Crippen LogP contribution is 2.29. The standard InChI is InChI=1S/C20H23N3O2.ClH/c1-21-12-5-10-19(24)22-17-8-4-7-16(14-17)20(25)23-13-11-15-6-2-3-9-18(15)23;/h2-4,6-9,14,21H,5,10-13H2,1H3,(H,22,24);1H. The van der Waals surface area contributed by atoms with Gasteiger partial charge in [-0.15, -0.1) is 12.4 Å². The molecule has 0 atom stereocenters. The van der Waals surface area contributed by atoms with E-state index in [0.717, 1.165) is 25.1 Å². The van der Waals surface area contributed by atoms with Crippen LogP contribution >= 0.6 is 12.4 Å². The molecule has 5 nitrogen and oxygen atoms in total. The molecule has 1 heterocycles. The van der Waals surface area contributed by atoms with Crippen LogP contribution in [-0.4, -0.2) is 32.0 Å². The van der Waals surface area contributed by atoms with Crippen molar-refractivity contribution in [3.05, 3.63) is 59.7 Å². The molecule has 26 heavy (non-hydrogen) atoms. The van der Waals surface area contributed by atoms with E-state index in [4.69, 9.17) is 0 Å². The molecule has 0 radical (unpaired) electrons. The minimum absolute atomic E-state index is 0. The Kier molecular flexibility index (Phi) is 7.18. The van der Waals surface area contributed by atoms with Gasteiger partial charge in [-0.05, 0) is 56.3 Å². The molecular formula is C20H24ClN3O2. The summed E-state index contributed by atoms with van der Waals surface area (Å²) in [7, 11) is 1.86. The third-order valence-electron chi connectivity index (χ3n) is 4.36. The van der Waals surface area contributed by atoms with E-state index in [1.165, 1.54) is 5.56 Å². The van der Waals surface area contributed by atoms with E-state index in [-0.39, 0.29) is 24.2 Å². The average molecular weight is 374 g/mol. The van der Waals surface area contributed by atoms with Gasteiger partial charge in [0.05, 0.1) is 0 Å². The number of hydrogen-bond donors (Lipinski definition) is 2. The van der Waals surface area contributed by atoms with Gasteiger partial charge in [-0.1, -0.05) is 24.3 Å². The van der Waals surface area contributed by atoms with Crippen LogP contribution in [0.4, 0.5) is 11.4 Å².